The van der Waals surface area contributed by atoms with Crippen LogP contribution in [0, 0.1) is 0 Å². The van der Waals surface area contributed by atoms with E-state index in [-0.39, 0.29) is 0 Å². The van der Waals surface area contributed by atoms with E-state index in [4.69, 9.17) is 0 Å². The van der Waals surface area contributed by atoms with Crippen molar-refractivity contribution in [3.8, 4) is 0 Å². The van der Waals surface area contributed by atoms with Gasteiger partial charge in [-0.25, -0.2) is 4.79 Å². The van der Waals surface area contributed by atoms with Crippen LogP contribution >= 0.6 is 0 Å². The van der Waals surface area contributed by atoms with Gasteiger partial charge in [0, 0.05) is 0 Å². The normalized spacial score (nSPS) is 9.57. The molecule has 0 aromatic carbocycles. The van der Waals surface area contributed by atoms with Crippen molar-refractivity contribution in [2.45, 2.75) is 13.3 Å². The van der Waals surface area contributed by atoms with E-state index in [0.717, 1.165) is 19.4 Å². The van der Waals surface area contributed by atoms with E-state index in [2.05, 4.69) is 0 Å². The van der Waals surface area contributed by atoms with Crippen molar-refractivity contribution in [2.75, 3.05) is 13.6 Å². The average Bonchev–Trinajstić information content (AvgIpc) is 1.68. The Morgan fingerprint density at radius 2 is 2.29 bits per heavy atom. The first kappa shape index (κ1) is 6.63. The zero-order valence-electron chi connectivity index (χ0n) is 4.85. The van der Waals surface area contributed by atoms with Gasteiger partial charge in [0.1, 0.15) is 13.6 Å². The van der Waals surface area contributed by atoms with Crippen LogP contribution in [0.15, 0.2) is 0 Å². The van der Waals surface area contributed by atoms with E-state index >= 15 is 0 Å². The summed E-state index contributed by atoms with van der Waals surface area (Å²) in [5, 5.41) is 0. The summed E-state index contributed by atoms with van der Waals surface area (Å²) in [6.45, 7) is 2.91. The Bertz CT molecular complexity index is 54.0. The van der Waals surface area contributed by atoms with Gasteiger partial charge in [0.2, 0.25) is 0 Å². The van der Waals surface area contributed by atoms with Crippen LogP contribution in [0.2, 0.25) is 0 Å². The molecule has 0 spiro atoms. The summed E-state index contributed by atoms with van der Waals surface area (Å²) in [5.41, 5.74) is 0. The van der Waals surface area contributed by atoms with E-state index in [1.807, 2.05) is 6.92 Å². The maximum Gasteiger partial charge on any atom is 0.348 e. The number of carbonyl (C=O) groups excluding carboxylic acids is 1. The van der Waals surface area contributed by atoms with Gasteiger partial charge in [0.05, 0.1) is 0 Å². The molecule has 0 heterocycles. The molecule has 1 radical (unpaired) electrons. The highest BCUT2D eigenvalue weighted by Crippen LogP contribution is 1.73. The van der Waals surface area contributed by atoms with Crippen LogP contribution in [0.3, 0.4) is 0 Å². The van der Waals surface area contributed by atoms with Crippen LogP contribution in [-0.2, 0) is 4.79 Å². The lowest BCUT2D eigenvalue weighted by Crippen LogP contribution is -2.22. The number of rotatable bonds is 3. The molecular weight excluding hydrogens is 90.1 g/mol. The van der Waals surface area contributed by atoms with Gasteiger partial charge in [-0.05, 0) is 6.42 Å². The second-order valence-corrected chi connectivity index (χ2v) is 1.59. The second kappa shape index (κ2) is 3.81. The Labute approximate surface area is 44.1 Å². The number of hydrogen-bond donors (Lipinski definition) is 0. The maximum atomic E-state index is 9.82. The van der Waals surface area contributed by atoms with Gasteiger partial charge < -0.3 is 0 Å². The molecule has 7 heavy (non-hydrogen) atoms. The van der Waals surface area contributed by atoms with E-state index in [0.29, 0.717) is 0 Å². The van der Waals surface area contributed by atoms with Crippen molar-refractivity contribution in [1.29, 1.82) is 0 Å². The summed E-state index contributed by atoms with van der Waals surface area (Å²) < 4.78 is 0. The third-order valence-electron chi connectivity index (χ3n) is 0.756. The number of hydrogen-bond acceptors (Lipinski definition) is 1. The molecular formula is C5H11NO+. The van der Waals surface area contributed by atoms with Crippen molar-refractivity contribution < 1.29 is 4.79 Å². The van der Waals surface area contributed by atoms with Gasteiger partial charge in [0.15, 0.2) is 0 Å². The molecule has 0 rings (SSSR count). The Kier molecular flexibility index (Phi) is 3.61. The van der Waals surface area contributed by atoms with E-state index in [1.54, 1.807) is 11.9 Å². The molecule has 2 heteroatoms. The fraction of sp³-hybridized carbons (Fsp3) is 0.800. The van der Waals surface area contributed by atoms with Crippen LogP contribution in [0.5, 0.6) is 0 Å². The van der Waals surface area contributed by atoms with Crippen molar-refractivity contribution in [3.05, 3.63) is 0 Å². The number of amides is 1. The highest BCUT2D eigenvalue weighted by atomic mass is 16.1. The van der Waals surface area contributed by atoms with Crippen molar-refractivity contribution >= 4 is 6.41 Å². The van der Waals surface area contributed by atoms with Crippen molar-refractivity contribution in [1.82, 2.24) is 4.90 Å². The molecule has 0 N–H and O–H groups in total. The summed E-state index contributed by atoms with van der Waals surface area (Å²) in [4.78, 5) is 11.4. The number of nitrogens with zero attached hydrogens (tertiary/aromatic N) is 1. The standard InChI is InChI=1S/C5H11NO/c1-3-4-6(2)5-7/h5H,3-4H2,1-2H3/q+1. The molecule has 0 saturated carbocycles. The van der Waals surface area contributed by atoms with Crippen LogP contribution in [-0.4, -0.2) is 20.0 Å². The van der Waals surface area contributed by atoms with Gasteiger partial charge in [-0.15, -0.1) is 4.90 Å². The third-order valence-corrected chi connectivity index (χ3v) is 0.756. The van der Waals surface area contributed by atoms with E-state index < -0.39 is 0 Å². The first-order valence-corrected chi connectivity index (χ1v) is 2.46. The maximum absolute atomic E-state index is 9.82. The number of carbonyl (C=O) groups is 1. The van der Waals surface area contributed by atoms with Crippen LogP contribution in [0.4, 0.5) is 0 Å². The summed E-state index contributed by atoms with van der Waals surface area (Å²) in [6.07, 6.45) is 1.87. The lowest BCUT2D eigenvalue weighted by molar-refractivity contribution is -0.112. The Balaban J connectivity index is 2.98. The largest absolute Gasteiger partial charge is 0.348 e. The average molecular weight is 101 g/mol. The molecule has 0 unspecified atom stereocenters. The molecule has 0 aliphatic carbocycles. The van der Waals surface area contributed by atoms with Crippen LogP contribution in [0.25, 0.3) is 0 Å². The zero-order valence-corrected chi connectivity index (χ0v) is 4.85. The van der Waals surface area contributed by atoms with Crippen LogP contribution < -0.4 is 4.90 Å². The molecule has 0 atom stereocenters. The Morgan fingerprint density at radius 1 is 1.71 bits per heavy atom. The summed E-state index contributed by atoms with van der Waals surface area (Å²) in [5.74, 6) is 0. The zero-order chi connectivity index (χ0) is 5.70. The molecule has 41 valence electrons. The highest BCUT2D eigenvalue weighted by molar-refractivity contribution is 5.49. The van der Waals surface area contributed by atoms with Gasteiger partial charge in [-0.1, -0.05) is 6.92 Å². The highest BCUT2D eigenvalue weighted by Gasteiger charge is 1.99. The smallest absolute Gasteiger partial charge is 0.228 e. The predicted molar refractivity (Wildman–Crippen MR) is 29.3 cm³/mol. The second-order valence-electron chi connectivity index (χ2n) is 1.59. The molecule has 0 aromatic heterocycles. The summed E-state index contributed by atoms with van der Waals surface area (Å²) in [6, 6.07) is 0. The molecule has 0 aliphatic heterocycles. The molecule has 0 aliphatic rings. The Morgan fingerprint density at radius 3 is 2.43 bits per heavy atom. The third kappa shape index (κ3) is 3.46. The van der Waals surface area contributed by atoms with Gasteiger partial charge >= 0.3 is 6.41 Å². The summed E-state index contributed by atoms with van der Waals surface area (Å²) in [7, 11) is 1.77. The fourth-order valence-electron chi connectivity index (χ4n) is 0.405. The SMILES string of the molecule is CCC[N+](C)C=O. The van der Waals surface area contributed by atoms with E-state index in [9.17, 15) is 4.79 Å². The molecule has 2 nitrogen and oxygen atoms in total. The van der Waals surface area contributed by atoms with Crippen molar-refractivity contribution in [3.63, 3.8) is 0 Å². The van der Waals surface area contributed by atoms with Gasteiger partial charge in [0.25, 0.3) is 0 Å². The van der Waals surface area contributed by atoms with Gasteiger partial charge in [-0.3, -0.25) is 0 Å². The molecule has 0 fully saturated rings. The minimum absolute atomic E-state index is 0.837. The van der Waals surface area contributed by atoms with Gasteiger partial charge in [-0.2, -0.15) is 0 Å². The van der Waals surface area contributed by atoms with Crippen LogP contribution in [0.1, 0.15) is 13.3 Å². The minimum Gasteiger partial charge on any atom is -0.228 e. The lowest BCUT2D eigenvalue weighted by atomic mass is 10.5. The monoisotopic (exact) mass is 101 g/mol. The molecule has 1 amide bonds. The lowest BCUT2D eigenvalue weighted by Gasteiger charge is -1.89. The van der Waals surface area contributed by atoms with Crippen molar-refractivity contribution in [2.24, 2.45) is 0 Å². The quantitative estimate of drug-likeness (QED) is 0.371. The Hall–Kier alpha value is -0.370. The fourth-order valence-corrected chi connectivity index (χ4v) is 0.405. The first-order chi connectivity index (χ1) is 3.31. The predicted octanol–water partition coefficient (Wildman–Crippen LogP) is 0.323. The van der Waals surface area contributed by atoms with E-state index in [1.165, 1.54) is 0 Å². The molecule has 0 aromatic rings. The topological polar surface area (TPSA) is 23.0 Å². The molecule has 0 saturated heterocycles. The molecule has 0 bridgehead atoms. The first-order valence-electron chi connectivity index (χ1n) is 2.46. The summed E-state index contributed by atoms with van der Waals surface area (Å²) >= 11 is 0. The minimum atomic E-state index is 0.837.